The van der Waals surface area contributed by atoms with E-state index in [1.54, 1.807) is 10.9 Å². The summed E-state index contributed by atoms with van der Waals surface area (Å²) in [4.78, 5) is 17.0. The van der Waals surface area contributed by atoms with Crippen molar-refractivity contribution in [1.82, 2.24) is 19.6 Å². The molecule has 1 N–H and O–H groups in total. The van der Waals surface area contributed by atoms with Crippen LogP contribution in [0.4, 0.5) is 5.69 Å². The molecule has 1 saturated heterocycles. The summed E-state index contributed by atoms with van der Waals surface area (Å²) in [5, 5.41) is 7.00. The number of carbonyl (C=O) groups is 1. The Hall–Kier alpha value is -2.18. The number of rotatable bonds is 7. The lowest BCUT2D eigenvalue weighted by Crippen LogP contribution is -2.48. The molecule has 1 atom stereocenters. The van der Waals surface area contributed by atoms with Gasteiger partial charge in [-0.3, -0.25) is 14.4 Å². The molecule has 0 aliphatic carbocycles. The number of anilines is 1. The topological polar surface area (TPSA) is 53.4 Å². The number of nitrogens with zero attached hydrogens (tertiary/aromatic N) is 4. The summed E-state index contributed by atoms with van der Waals surface area (Å²) in [6, 6.07) is 11.1. The highest BCUT2D eigenvalue weighted by atomic mass is 16.2. The number of benzene rings is 1. The predicted octanol–water partition coefficient (Wildman–Crippen LogP) is 2.00. The Labute approximate surface area is 155 Å². The first-order valence-corrected chi connectivity index (χ1v) is 9.35. The van der Waals surface area contributed by atoms with Crippen molar-refractivity contribution in [2.24, 2.45) is 7.05 Å². The number of nitrogens with one attached hydrogen (secondary N) is 1. The molecule has 1 fully saturated rings. The number of hydrogen-bond acceptors (Lipinski definition) is 4. The zero-order valence-corrected chi connectivity index (χ0v) is 15.8. The Kier molecular flexibility index (Phi) is 6.41. The molecule has 140 valence electrons. The highest BCUT2D eigenvalue weighted by molar-refractivity contribution is 5.91. The van der Waals surface area contributed by atoms with Gasteiger partial charge in [0.05, 0.1) is 18.4 Å². The summed E-state index contributed by atoms with van der Waals surface area (Å²) < 4.78 is 1.69. The van der Waals surface area contributed by atoms with Gasteiger partial charge < -0.3 is 10.2 Å². The van der Waals surface area contributed by atoms with E-state index in [0.717, 1.165) is 38.2 Å². The van der Waals surface area contributed by atoms with E-state index in [9.17, 15) is 4.79 Å². The summed E-state index contributed by atoms with van der Waals surface area (Å²) in [7, 11) is 4.04. The average molecular weight is 355 g/mol. The van der Waals surface area contributed by atoms with Gasteiger partial charge in [-0.2, -0.15) is 5.10 Å². The molecule has 26 heavy (non-hydrogen) atoms. The third-order valence-corrected chi connectivity index (χ3v) is 5.06. The molecule has 1 aromatic heterocycles. The van der Waals surface area contributed by atoms with Gasteiger partial charge in [0.1, 0.15) is 0 Å². The Balaban J connectivity index is 1.44. The number of aryl methyl sites for hydroxylation is 1. The van der Waals surface area contributed by atoms with Crippen LogP contribution in [0.2, 0.25) is 0 Å². The molecule has 2 aromatic rings. The Bertz CT molecular complexity index is 699. The van der Waals surface area contributed by atoms with Gasteiger partial charge in [-0.15, -0.1) is 0 Å². The summed E-state index contributed by atoms with van der Waals surface area (Å²) in [5.74, 6) is 0.0330. The normalized spacial score (nSPS) is 18.2. The highest BCUT2D eigenvalue weighted by Gasteiger charge is 2.24. The van der Waals surface area contributed by atoms with E-state index in [-0.39, 0.29) is 5.91 Å². The third kappa shape index (κ3) is 5.41. The molecule has 6 heteroatoms. The van der Waals surface area contributed by atoms with Gasteiger partial charge in [0, 0.05) is 32.4 Å². The molecule has 1 aromatic carbocycles. The lowest BCUT2D eigenvalue weighted by atomic mass is 10.0. The van der Waals surface area contributed by atoms with Crippen molar-refractivity contribution >= 4 is 11.6 Å². The van der Waals surface area contributed by atoms with Crippen LogP contribution in [-0.2, 0) is 18.3 Å². The molecule has 1 aliphatic heterocycles. The largest absolute Gasteiger partial charge is 0.322 e. The van der Waals surface area contributed by atoms with Crippen LogP contribution in [0.25, 0.3) is 0 Å². The van der Waals surface area contributed by atoms with Gasteiger partial charge in [-0.05, 0) is 38.4 Å². The summed E-state index contributed by atoms with van der Waals surface area (Å²) in [5.41, 5.74) is 2.13. The van der Waals surface area contributed by atoms with E-state index >= 15 is 0 Å². The van der Waals surface area contributed by atoms with Crippen molar-refractivity contribution in [1.29, 1.82) is 0 Å². The summed E-state index contributed by atoms with van der Waals surface area (Å²) in [6.07, 6.45) is 6.89. The number of likely N-dealkylation sites (N-methyl/N-ethyl adjacent to an activating group) is 1. The molecule has 2 heterocycles. The molecule has 0 radical (unpaired) electrons. The van der Waals surface area contributed by atoms with Gasteiger partial charge in [0.25, 0.3) is 0 Å². The lowest BCUT2D eigenvalue weighted by Gasteiger charge is -2.37. The Morgan fingerprint density at radius 3 is 2.88 bits per heavy atom. The van der Waals surface area contributed by atoms with Crippen molar-refractivity contribution in [2.45, 2.75) is 25.3 Å². The predicted molar refractivity (Wildman–Crippen MR) is 104 cm³/mol. The first-order chi connectivity index (χ1) is 12.6. The van der Waals surface area contributed by atoms with E-state index in [4.69, 9.17) is 0 Å². The van der Waals surface area contributed by atoms with Crippen LogP contribution in [-0.4, -0.2) is 64.8 Å². The van der Waals surface area contributed by atoms with Crippen LogP contribution in [0.1, 0.15) is 18.4 Å². The molecule has 1 unspecified atom stereocenters. The van der Waals surface area contributed by atoms with Crippen molar-refractivity contribution in [3.05, 3.63) is 48.3 Å². The van der Waals surface area contributed by atoms with E-state index in [2.05, 4.69) is 57.6 Å². The maximum Gasteiger partial charge on any atom is 0.238 e. The molecule has 0 bridgehead atoms. The second-order valence-corrected chi connectivity index (χ2v) is 7.20. The van der Waals surface area contributed by atoms with Crippen LogP contribution < -0.4 is 5.32 Å². The molecule has 0 saturated carbocycles. The second-order valence-electron chi connectivity index (χ2n) is 7.20. The minimum atomic E-state index is 0.0330. The number of carbonyl (C=O) groups excluding carboxylic acids is 1. The van der Waals surface area contributed by atoms with Crippen molar-refractivity contribution in [2.75, 3.05) is 38.5 Å². The van der Waals surface area contributed by atoms with Gasteiger partial charge in [0.15, 0.2) is 0 Å². The maximum absolute atomic E-state index is 12.3. The summed E-state index contributed by atoms with van der Waals surface area (Å²) in [6.45, 7) is 3.43. The van der Waals surface area contributed by atoms with Crippen LogP contribution in [0.5, 0.6) is 0 Å². The number of piperidine rings is 1. The standard InChI is InChI=1S/C20H29N5O/c1-23(12-10-17-7-4-3-5-8-17)19-9-6-11-25(15-19)16-20(26)22-18-13-21-24(2)14-18/h3-5,7-8,13-14,19H,6,9-12,15-16H2,1-2H3,(H,22,26). The van der Waals surface area contributed by atoms with Crippen LogP contribution in [0.15, 0.2) is 42.7 Å². The molecular formula is C20H29N5O. The van der Waals surface area contributed by atoms with Gasteiger partial charge in [-0.25, -0.2) is 0 Å². The molecule has 6 nitrogen and oxygen atoms in total. The van der Waals surface area contributed by atoms with E-state index in [1.165, 1.54) is 12.0 Å². The van der Waals surface area contributed by atoms with Crippen molar-refractivity contribution < 1.29 is 4.79 Å². The molecule has 3 rings (SSSR count). The minimum absolute atomic E-state index is 0.0330. The third-order valence-electron chi connectivity index (χ3n) is 5.06. The van der Waals surface area contributed by atoms with E-state index < -0.39 is 0 Å². The number of likely N-dealkylation sites (tertiary alicyclic amines) is 1. The van der Waals surface area contributed by atoms with Crippen LogP contribution in [0.3, 0.4) is 0 Å². The zero-order valence-electron chi connectivity index (χ0n) is 15.8. The fourth-order valence-corrected chi connectivity index (χ4v) is 3.56. The Morgan fingerprint density at radius 1 is 1.35 bits per heavy atom. The molecule has 0 spiro atoms. The zero-order chi connectivity index (χ0) is 18.4. The average Bonchev–Trinajstić information content (AvgIpc) is 3.05. The molecular weight excluding hydrogens is 326 g/mol. The van der Waals surface area contributed by atoms with Crippen LogP contribution in [0, 0.1) is 0 Å². The van der Waals surface area contributed by atoms with E-state index in [1.807, 2.05) is 13.2 Å². The van der Waals surface area contributed by atoms with Crippen molar-refractivity contribution in [3.8, 4) is 0 Å². The first-order valence-electron chi connectivity index (χ1n) is 9.35. The second kappa shape index (κ2) is 8.96. The number of amides is 1. The quantitative estimate of drug-likeness (QED) is 0.825. The lowest BCUT2D eigenvalue weighted by molar-refractivity contribution is -0.117. The number of hydrogen-bond donors (Lipinski definition) is 1. The van der Waals surface area contributed by atoms with Crippen molar-refractivity contribution in [3.63, 3.8) is 0 Å². The fourth-order valence-electron chi connectivity index (χ4n) is 3.56. The van der Waals surface area contributed by atoms with Gasteiger partial charge >= 0.3 is 0 Å². The van der Waals surface area contributed by atoms with Gasteiger partial charge in [-0.1, -0.05) is 30.3 Å². The monoisotopic (exact) mass is 355 g/mol. The van der Waals surface area contributed by atoms with Gasteiger partial charge in [0.2, 0.25) is 5.91 Å². The first kappa shape index (κ1) is 18.6. The fraction of sp³-hybridized carbons (Fsp3) is 0.500. The Morgan fingerprint density at radius 2 is 2.15 bits per heavy atom. The maximum atomic E-state index is 12.3. The number of aromatic nitrogens is 2. The highest BCUT2D eigenvalue weighted by Crippen LogP contribution is 2.15. The SMILES string of the molecule is CN(CCc1ccccc1)C1CCCN(CC(=O)Nc2cnn(C)c2)C1. The smallest absolute Gasteiger partial charge is 0.238 e. The van der Waals surface area contributed by atoms with Crippen LogP contribution >= 0.6 is 0 Å². The molecule has 1 aliphatic rings. The minimum Gasteiger partial charge on any atom is -0.322 e. The summed E-state index contributed by atoms with van der Waals surface area (Å²) >= 11 is 0. The molecule has 1 amide bonds. The van der Waals surface area contributed by atoms with E-state index in [0.29, 0.717) is 12.6 Å².